The van der Waals surface area contributed by atoms with Gasteiger partial charge in [0, 0.05) is 0 Å². The summed E-state index contributed by atoms with van der Waals surface area (Å²) >= 11 is -1.14. The molecule has 0 fully saturated rings. The molecule has 0 amide bonds. The summed E-state index contributed by atoms with van der Waals surface area (Å²) in [4.78, 5) is 0. The van der Waals surface area contributed by atoms with E-state index < -0.39 is 27.3 Å². The molecule has 0 unspecified atom stereocenters. The van der Waals surface area contributed by atoms with Crippen LogP contribution in [0.15, 0.2) is 18.2 Å². The van der Waals surface area contributed by atoms with E-state index in [0.717, 1.165) is 9.37 Å². The summed E-state index contributed by atoms with van der Waals surface area (Å²) in [6.45, 7) is 17.3. The third-order valence-corrected chi connectivity index (χ3v) is 9.92. The molecule has 1 N–H and O–H groups in total. The second kappa shape index (κ2) is 11.0. The molecule has 0 atom stereocenters. The Balaban J connectivity index is -0.000000452. The SMILES string of the molecule is C[C](C)=[Ti][F].Cc1cc(O)cc([Si](C)(C)C(C)(C)C)c1.Cl.Cl. The summed E-state index contributed by atoms with van der Waals surface area (Å²) in [5, 5.41) is 11.3. The van der Waals surface area contributed by atoms with Gasteiger partial charge < -0.3 is 5.11 Å². The summed E-state index contributed by atoms with van der Waals surface area (Å²) in [5.74, 6) is 0.398. The van der Waals surface area contributed by atoms with Crippen molar-refractivity contribution in [3.8, 4) is 5.75 Å². The van der Waals surface area contributed by atoms with Crippen molar-refractivity contribution >= 4 is 41.9 Å². The molecule has 1 aromatic carbocycles. The van der Waals surface area contributed by atoms with Gasteiger partial charge in [-0.15, -0.1) is 24.8 Å². The van der Waals surface area contributed by atoms with Crippen LogP contribution >= 0.6 is 24.8 Å². The monoisotopic (exact) mass is 403 g/mol. The molecule has 0 aromatic heterocycles. The van der Waals surface area contributed by atoms with Crippen molar-refractivity contribution in [1.29, 1.82) is 0 Å². The molecule has 0 saturated heterocycles. The van der Waals surface area contributed by atoms with E-state index in [0.29, 0.717) is 10.8 Å². The van der Waals surface area contributed by atoms with Crippen molar-refractivity contribution in [2.75, 3.05) is 0 Å². The van der Waals surface area contributed by atoms with Gasteiger partial charge in [0.25, 0.3) is 0 Å². The zero-order chi connectivity index (χ0) is 16.1. The molecule has 129 valence electrons. The topological polar surface area (TPSA) is 20.2 Å². The maximum atomic E-state index is 11.2. The van der Waals surface area contributed by atoms with Crippen LogP contribution in [0.5, 0.6) is 5.75 Å². The Kier molecular flexibility index (Phi) is 13.6. The number of hydrogen-bond acceptors (Lipinski definition) is 1. The standard InChI is InChI=1S/C13H22OSi.C3H6.2ClH.FH.Ti/c1-10-7-11(14)9-12(8-10)15(5,6)13(2,3)4;1-3-2;;;;/h7-9,14H,1-6H3;1-2H3;3*1H;/q;;;;;+1/p-1. The number of phenols is 1. The van der Waals surface area contributed by atoms with E-state index in [1.165, 1.54) is 5.19 Å². The van der Waals surface area contributed by atoms with E-state index in [4.69, 9.17) is 0 Å². The van der Waals surface area contributed by atoms with Gasteiger partial charge in [0.2, 0.25) is 0 Å². The Morgan fingerprint density at radius 1 is 1.09 bits per heavy atom. The molecule has 1 aromatic rings. The van der Waals surface area contributed by atoms with Gasteiger partial charge in [-0.1, -0.05) is 45.1 Å². The molecule has 0 radical (unpaired) electrons. The minimum atomic E-state index is -1.50. The van der Waals surface area contributed by atoms with E-state index in [2.05, 4.69) is 39.9 Å². The second-order valence-electron chi connectivity index (χ2n) is 7.03. The predicted molar refractivity (Wildman–Crippen MR) is 102 cm³/mol. The second-order valence-corrected chi connectivity index (χ2v) is 14.2. The van der Waals surface area contributed by atoms with Gasteiger partial charge >= 0.3 is 40.0 Å². The molecular weight excluding hydrogens is 374 g/mol. The fourth-order valence-electron chi connectivity index (χ4n) is 1.56. The number of benzene rings is 1. The Hall–Kier alpha value is 0.331. The number of phenolic OH excluding ortho intramolecular Hbond substituents is 1. The molecule has 0 bridgehead atoms. The molecule has 6 heteroatoms. The fourth-order valence-corrected chi connectivity index (χ4v) is 3.52. The molecule has 22 heavy (non-hydrogen) atoms. The molecule has 1 rings (SSSR count). The van der Waals surface area contributed by atoms with Gasteiger partial charge in [-0.3, -0.25) is 0 Å². The zero-order valence-corrected chi connectivity index (χ0v) is 19.1. The Morgan fingerprint density at radius 2 is 1.50 bits per heavy atom. The first-order valence-electron chi connectivity index (χ1n) is 6.89. The Bertz CT molecular complexity index is 461. The van der Waals surface area contributed by atoms with Gasteiger partial charge in [0.15, 0.2) is 0 Å². The van der Waals surface area contributed by atoms with Crippen LogP contribution in [0, 0.1) is 6.92 Å². The van der Waals surface area contributed by atoms with Gasteiger partial charge in [-0.05, 0) is 29.7 Å². The summed E-state index contributed by atoms with van der Waals surface area (Å²) < 4.78 is 12.2. The Morgan fingerprint density at radius 3 is 1.77 bits per heavy atom. The van der Waals surface area contributed by atoms with Gasteiger partial charge in [-0.25, -0.2) is 0 Å². The summed E-state index contributed by atoms with van der Waals surface area (Å²) in [6.07, 6.45) is 0. The minimum absolute atomic E-state index is 0. The molecule has 0 saturated carbocycles. The van der Waals surface area contributed by atoms with Crippen LogP contribution in [-0.2, 0) is 19.2 Å². The average Bonchev–Trinajstić information content (AvgIpc) is 2.26. The number of halogens is 3. The molecule has 0 heterocycles. The van der Waals surface area contributed by atoms with Crippen molar-refractivity contribution in [3.63, 3.8) is 0 Å². The third kappa shape index (κ3) is 8.83. The first-order chi connectivity index (χ1) is 8.91. The largest absolute Gasteiger partial charge is 0.508 e. The molecule has 0 spiro atoms. The maximum absolute atomic E-state index is 11.2. The zero-order valence-electron chi connectivity index (χ0n) is 14.9. The van der Waals surface area contributed by atoms with E-state index in [1.54, 1.807) is 0 Å². The van der Waals surface area contributed by atoms with Crippen molar-refractivity contribution < 1.29 is 27.4 Å². The van der Waals surface area contributed by atoms with E-state index in [1.807, 2.05) is 32.9 Å². The summed E-state index contributed by atoms with van der Waals surface area (Å²) in [5.41, 5.74) is 1.15. The van der Waals surface area contributed by atoms with Crippen molar-refractivity contribution in [1.82, 2.24) is 0 Å². The Labute approximate surface area is 158 Å². The van der Waals surface area contributed by atoms with Gasteiger partial charge in [0.1, 0.15) is 5.75 Å². The number of rotatable bonds is 1. The maximum Gasteiger partial charge on any atom is 0.115 e. The quantitative estimate of drug-likeness (QED) is 0.620. The van der Waals surface area contributed by atoms with Crippen LogP contribution in [0.4, 0.5) is 3.09 Å². The van der Waals surface area contributed by atoms with Crippen LogP contribution in [-0.4, -0.2) is 17.0 Å². The smallest absolute Gasteiger partial charge is 0.115 e. The fraction of sp³-hybridized carbons (Fsp3) is 0.562. The van der Waals surface area contributed by atoms with E-state index >= 15 is 0 Å². The van der Waals surface area contributed by atoms with Crippen molar-refractivity contribution in [3.05, 3.63) is 23.8 Å². The average molecular weight is 404 g/mol. The van der Waals surface area contributed by atoms with Crippen molar-refractivity contribution in [2.24, 2.45) is 0 Å². The molecule has 1 nitrogen and oxygen atoms in total. The molecular formula is C16H30Cl2FOSiTi. The van der Waals surface area contributed by atoms with Gasteiger partial charge in [0.05, 0.1) is 8.07 Å². The van der Waals surface area contributed by atoms with Crippen LogP contribution < -0.4 is 5.19 Å². The minimum Gasteiger partial charge on any atom is -0.508 e. The van der Waals surface area contributed by atoms with Crippen LogP contribution in [0.3, 0.4) is 0 Å². The van der Waals surface area contributed by atoms with Crippen molar-refractivity contribution in [2.45, 2.75) is 59.7 Å². The molecule has 0 aliphatic rings. The van der Waals surface area contributed by atoms with Crippen LogP contribution in [0.25, 0.3) is 0 Å². The van der Waals surface area contributed by atoms with Crippen LogP contribution in [0.2, 0.25) is 18.1 Å². The van der Waals surface area contributed by atoms with Crippen LogP contribution in [0.1, 0.15) is 40.2 Å². The number of hydrogen-bond donors (Lipinski definition) is 1. The first kappa shape index (κ1) is 27.2. The predicted octanol–water partition coefficient (Wildman–Crippen LogP) is 5.43. The summed E-state index contributed by atoms with van der Waals surface area (Å²) in [7, 11) is -1.50. The first-order valence-corrected chi connectivity index (χ1v) is 11.3. The molecule has 0 aliphatic carbocycles. The van der Waals surface area contributed by atoms with Gasteiger partial charge in [-0.2, -0.15) is 0 Å². The van der Waals surface area contributed by atoms with E-state index in [9.17, 15) is 8.20 Å². The number of aromatic hydroxyl groups is 1. The number of aryl methyl sites for hydroxylation is 1. The third-order valence-electron chi connectivity index (χ3n) is 3.85. The normalized spacial score (nSPS) is 10.2. The molecule has 0 aliphatic heterocycles. The van der Waals surface area contributed by atoms with E-state index in [-0.39, 0.29) is 24.8 Å². The summed E-state index contributed by atoms with van der Waals surface area (Å²) in [6, 6.07) is 5.97.